The van der Waals surface area contributed by atoms with Gasteiger partial charge in [-0.25, -0.2) is 0 Å². The maximum Gasteiger partial charge on any atom is 0.503 e. The van der Waals surface area contributed by atoms with Gasteiger partial charge in [0.25, 0.3) is 0 Å². The van der Waals surface area contributed by atoms with Crippen LogP contribution in [0.3, 0.4) is 0 Å². The molecule has 0 saturated heterocycles. The zero-order valence-electron chi connectivity index (χ0n) is 14.7. The number of hydrogen-bond donors (Lipinski definition) is 0. The van der Waals surface area contributed by atoms with E-state index >= 15 is 0 Å². The third kappa shape index (κ3) is 11.5. The van der Waals surface area contributed by atoms with E-state index in [-0.39, 0.29) is 0 Å². The molecule has 0 aromatic heterocycles. The van der Waals surface area contributed by atoms with Crippen LogP contribution in [0.15, 0.2) is 0 Å². The first-order chi connectivity index (χ1) is 9.89. The predicted octanol–water partition coefficient (Wildman–Crippen LogP) is 3.29. The Balaban J connectivity index is 3.91. The first kappa shape index (κ1) is 21.2. The highest BCUT2D eigenvalue weighted by atomic mass is 28.4. The summed E-state index contributed by atoms with van der Waals surface area (Å²) in [7, 11) is -3.94. The van der Waals surface area contributed by atoms with E-state index in [1.807, 2.05) is 20.8 Å². The highest BCUT2D eigenvalue weighted by Gasteiger charge is 2.39. The molecule has 5 nitrogen and oxygen atoms in total. The van der Waals surface area contributed by atoms with Crippen LogP contribution in [0, 0.1) is 0 Å². The molecular weight excluding hydrogens is 304 g/mol. The van der Waals surface area contributed by atoms with Gasteiger partial charge in [0.05, 0.1) is 6.61 Å². The lowest BCUT2D eigenvalue weighted by Gasteiger charge is -2.28. The zero-order valence-corrected chi connectivity index (χ0v) is 16.7. The van der Waals surface area contributed by atoms with Crippen LogP contribution in [0.2, 0.25) is 25.7 Å². The van der Waals surface area contributed by atoms with Gasteiger partial charge in [0.1, 0.15) is 0 Å². The van der Waals surface area contributed by atoms with Crippen LogP contribution in [0.1, 0.15) is 27.2 Å². The lowest BCUT2D eigenvalue weighted by Crippen LogP contribution is -2.46. The minimum atomic E-state index is -2.54. The molecule has 0 rings (SSSR count). The Labute approximate surface area is 132 Å². The summed E-state index contributed by atoms with van der Waals surface area (Å²) in [6, 6.07) is 0.706. The second kappa shape index (κ2) is 11.8. The highest BCUT2D eigenvalue weighted by Crippen LogP contribution is 2.16. The smallest absolute Gasteiger partial charge is 0.418 e. The number of ether oxygens (including phenoxy) is 1. The van der Waals surface area contributed by atoms with Gasteiger partial charge in [-0.2, -0.15) is 0 Å². The van der Waals surface area contributed by atoms with Crippen molar-refractivity contribution >= 4 is 17.1 Å². The Hall–Kier alpha value is 0.234. The number of rotatable bonds is 14. The van der Waals surface area contributed by atoms with E-state index in [1.54, 1.807) is 0 Å². The van der Waals surface area contributed by atoms with Gasteiger partial charge < -0.3 is 22.4 Å². The second-order valence-corrected chi connectivity index (χ2v) is 12.9. The average molecular weight is 339 g/mol. The summed E-state index contributed by atoms with van der Waals surface area (Å²) < 4.78 is 28.8. The maximum atomic E-state index is 5.79. The van der Waals surface area contributed by atoms with Crippen LogP contribution in [0.25, 0.3) is 0 Å². The fourth-order valence-corrected chi connectivity index (χ4v) is 4.99. The summed E-state index contributed by atoms with van der Waals surface area (Å²) in [5, 5.41) is 0. The minimum absolute atomic E-state index is 0.607. The van der Waals surface area contributed by atoms with Gasteiger partial charge in [-0.1, -0.05) is 0 Å². The van der Waals surface area contributed by atoms with Gasteiger partial charge in [0.2, 0.25) is 0 Å². The van der Waals surface area contributed by atoms with Gasteiger partial charge in [-0.15, -0.1) is 0 Å². The van der Waals surface area contributed by atoms with E-state index in [1.165, 1.54) is 0 Å². The van der Waals surface area contributed by atoms with Crippen LogP contribution in [0.4, 0.5) is 0 Å². The molecule has 0 aliphatic carbocycles. The van der Waals surface area contributed by atoms with E-state index in [9.17, 15) is 0 Å². The molecule has 0 aliphatic heterocycles. The molecule has 0 aliphatic rings. The molecule has 0 spiro atoms. The van der Waals surface area contributed by atoms with E-state index < -0.39 is 17.1 Å². The lowest BCUT2D eigenvalue weighted by molar-refractivity contribution is 0.0563. The van der Waals surface area contributed by atoms with Crippen LogP contribution >= 0.6 is 0 Å². The fourth-order valence-electron chi connectivity index (χ4n) is 1.84. The van der Waals surface area contributed by atoms with Crippen LogP contribution in [-0.2, 0) is 22.4 Å². The molecule has 0 aromatic rings. The molecule has 0 unspecified atom stereocenters. The van der Waals surface area contributed by atoms with Crippen molar-refractivity contribution in [2.24, 2.45) is 0 Å². The van der Waals surface area contributed by atoms with Crippen molar-refractivity contribution in [1.82, 2.24) is 0 Å². The van der Waals surface area contributed by atoms with E-state index in [0.717, 1.165) is 13.0 Å². The molecule has 0 fully saturated rings. The molecule has 21 heavy (non-hydrogen) atoms. The first-order valence-electron chi connectivity index (χ1n) is 8.02. The molecule has 0 saturated carbocycles. The van der Waals surface area contributed by atoms with Crippen molar-refractivity contribution in [3.05, 3.63) is 0 Å². The molecule has 0 amide bonds. The Morgan fingerprint density at radius 2 is 1.19 bits per heavy atom. The third-order valence-corrected chi connectivity index (χ3v) is 6.69. The van der Waals surface area contributed by atoms with Gasteiger partial charge in [-0.3, -0.25) is 0 Å². The highest BCUT2D eigenvalue weighted by molar-refractivity contribution is 6.69. The van der Waals surface area contributed by atoms with Gasteiger partial charge in [0, 0.05) is 39.1 Å². The van der Waals surface area contributed by atoms with Crippen molar-refractivity contribution in [3.63, 3.8) is 0 Å². The van der Waals surface area contributed by atoms with Gasteiger partial charge in [-0.05, 0) is 46.8 Å². The lowest BCUT2D eigenvalue weighted by atomic mass is 10.5. The average Bonchev–Trinajstić information content (AvgIpc) is 2.37. The van der Waals surface area contributed by atoms with Crippen LogP contribution in [-0.4, -0.2) is 56.8 Å². The SMILES string of the molecule is CCO[Si](CCOCCCO[Si](C)(C)C)(OCC)OCC. The summed E-state index contributed by atoms with van der Waals surface area (Å²) in [6.07, 6.45) is 0.927. The molecule has 7 heteroatoms. The Kier molecular flexibility index (Phi) is 11.9. The largest absolute Gasteiger partial charge is 0.503 e. The minimum Gasteiger partial charge on any atom is -0.418 e. The summed E-state index contributed by atoms with van der Waals surface area (Å²) in [4.78, 5) is 0. The Morgan fingerprint density at radius 1 is 0.667 bits per heavy atom. The zero-order chi connectivity index (χ0) is 16.2. The monoisotopic (exact) mass is 338 g/mol. The molecule has 128 valence electrons. The molecule has 0 radical (unpaired) electrons. The molecule has 0 bridgehead atoms. The van der Waals surface area contributed by atoms with Crippen LogP contribution < -0.4 is 0 Å². The molecule has 0 N–H and O–H groups in total. The quantitative estimate of drug-likeness (QED) is 0.359. The van der Waals surface area contributed by atoms with Crippen molar-refractivity contribution in [1.29, 1.82) is 0 Å². The van der Waals surface area contributed by atoms with Crippen molar-refractivity contribution < 1.29 is 22.4 Å². The van der Waals surface area contributed by atoms with Gasteiger partial charge >= 0.3 is 8.80 Å². The summed E-state index contributed by atoms with van der Waals surface area (Å²) in [6.45, 7) is 16.4. The first-order valence-corrected chi connectivity index (χ1v) is 13.4. The van der Waals surface area contributed by atoms with Crippen molar-refractivity contribution in [2.75, 3.05) is 39.6 Å². The standard InChI is InChI=1S/C14H34O5Si2/c1-7-16-21(17-8-2,18-9-3)14-13-15-11-10-12-19-20(4,5)6/h7-14H2,1-6H3. The number of hydrogen-bond acceptors (Lipinski definition) is 5. The molecule has 0 heterocycles. The second-order valence-electron chi connectivity index (χ2n) is 5.66. The van der Waals surface area contributed by atoms with Crippen molar-refractivity contribution in [2.45, 2.75) is 52.9 Å². The van der Waals surface area contributed by atoms with E-state index in [4.69, 9.17) is 22.4 Å². The topological polar surface area (TPSA) is 46.2 Å². The maximum absolute atomic E-state index is 5.79. The molecular formula is C14H34O5Si2. The third-order valence-electron chi connectivity index (χ3n) is 2.61. The fraction of sp³-hybridized carbons (Fsp3) is 1.00. The Bertz CT molecular complexity index is 229. The van der Waals surface area contributed by atoms with E-state index in [0.29, 0.717) is 39.1 Å². The Morgan fingerprint density at radius 3 is 1.62 bits per heavy atom. The van der Waals surface area contributed by atoms with Crippen molar-refractivity contribution in [3.8, 4) is 0 Å². The van der Waals surface area contributed by atoms with Crippen LogP contribution in [0.5, 0.6) is 0 Å². The summed E-state index contributed by atoms with van der Waals surface area (Å²) in [5.74, 6) is 0. The molecule has 0 aromatic carbocycles. The van der Waals surface area contributed by atoms with Gasteiger partial charge in [0.15, 0.2) is 8.32 Å². The van der Waals surface area contributed by atoms with E-state index in [2.05, 4.69) is 19.6 Å². The summed E-state index contributed by atoms with van der Waals surface area (Å²) >= 11 is 0. The summed E-state index contributed by atoms with van der Waals surface area (Å²) in [5.41, 5.74) is 0. The predicted molar refractivity (Wildman–Crippen MR) is 90.2 cm³/mol. The normalized spacial score (nSPS) is 12.9. The molecule has 0 atom stereocenters.